The largest absolute Gasteiger partial charge is 0.345 e. The number of nitrogens with one attached hydrogen (secondary N) is 1. The number of carbonyl (C=O) groups excluding carboxylic acids is 1. The van der Waals surface area contributed by atoms with Gasteiger partial charge < -0.3 is 5.32 Å². The van der Waals surface area contributed by atoms with Crippen molar-refractivity contribution in [3.63, 3.8) is 0 Å². The maximum absolute atomic E-state index is 13.2. The van der Waals surface area contributed by atoms with Crippen LogP contribution in [0.1, 0.15) is 15.4 Å². The van der Waals surface area contributed by atoms with Gasteiger partial charge in [-0.05, 0) is 36.4 Å². The summed E-state index contributed by atoms with van der Waals surface area (Å²) >= 11 is 1.49. The van der Waals surface area contributed by atoms with Gasteiger partial charge in [0.25, 0.3) is 15.9 Å². The Morgan fingerprint density at radius 1 is 0.967 bits per heavy atom. The average Bonchev–Trinajstić information content (AvgIpc) is 3.20. The van der Waals surface area contributed by atoms with E-state index in [1.165, 1.54) is 34.8 Å². The second-order valence-corrected chi connectivity index (χ2v) is 9.62. The van der Waals surface area contributed by atoms with Crippen molar-refractivity contribution >= 4 is 43.2 Å². The van der Waals surface area contributed by atoms with Crippen LogP contribution in [0.15, 0.2) is 83.8 Å². The van der Waals surface area contributed by atoms with Crippen molar-refractivity contribution < 1.29 is 13.2 Å². The predicted octanol–water partition coefficient (Wildman–Crippen LogP) is 4.05. The smallest absolute Gasteiger partial charge is 0.264 e. The Balaban J connectivity index is 1.58. The highest BCUT2D eigenvalue weighted by atomic mass is 32.2. The highest BCUT2D eigenvalue weighted by Crippen LogP contribution is 2.25. The Kier molecular flexibility index (Phi) is 5.52. The van der Waals surface area contributed by atoms with Crippen LogP contribution in [0.3, 0.4) is 0 Å². The molecule has 1 N–H and O–H groups in total. The number of fused-ring (bicyclic) bond motifs is 1. The summed E-state index contributed by atoms with van der Waals surface area (Å²) in [6.45, 7) is 0.223. The van der Waals surface area contributed by atoms with Gasteiger partial charge in [0.2, 0.25) is 0 Å². The molecule has 0 aliphatic heterocycles. The van der Waals surface area contributed by atoms with E-state index < -0.39 is 15.9 Å². The summed E-state index contributed by atoms with van der Waals surface area (Å²) in [5, 5.41) is 3.55. The lowest BCUT2D eigenvalue weighted by molar-refractivity contribution is 0.0947. The van der Waals surface area contributed by atoms with Crippen LogP contribution >= 0.6 is 11.3 Å². The summed E-state index contributed by atoms with van der Waals surface area (Å²) in [5.41, 5.74) is 1.49. The van der Waals surface area contributed by atoms with Gasteiger partial charge in [-0.25, -0.2) is 13.4 Å². The van der Waals surface area contributed by atoms with Gasteiger partial charge >= 0.3 is 0 Å². The minimum atomic E-state index is -3.91. The van der Waals surface area contributed by atoms with Crippen LogP contribution < -0.4 is 9.62 Å². The lowest BCUT2D eigenvalue weighted by Crippen LogP contribution is -2.30. The molecule has 0 aliphatic rings. The summed E-state index contributed by atoms with van der Waals surface area (Å²) in [7, 11) is -2.44. The van der Waals surface area contributed by atoms with Crippen molar-refractivity contribution in [3.8, 4) is 0 Å². The zero-order chi connectivity index (χ0) is 21.1. The van der Waals surface area contributed by atoms with Crippen LogP contribution in [0.2, 0.25) is 0 Å². The molecule has 4 rings (SSSR count). The number of amides is 1. The summed E-state index contributed by atoms with van der Waals surface area (Å²) in [6.07, 6.45) is 0. The Hall–Kier alpha value is -3.23. The van der Waals surface area contributed by atoms with Gasteiger partial charge in [0.15, 0.2) is 0 Å². The van der Waals surface area contributed by atoms with Gasteiger partial charge in [0, 0.05) is 7.05 Å². The number of hydrogen-bond donors (Lipinski definition) is 1. The van der Waals surface area contributed by atoms with Crippen molar-refractivity contribution in [2.75, 3.05) is 11.4 Å². The molecule has 0 bridgehead atoms. The van der Waals surface area contributed by atoms with E-state index in [-0.39, 0.29) is 17.0 Å². The SMILES string of the molecule is CN(c1ccccc1)S(=O)(=O)c1ccccc1C(=O)NCc1nc2ccccc2s1. The highest BCUT2D eigenvalue weighted by molar-refractivity contribution is 7.92. The van der Waals surface area contributed by atoms with Gasteiger partial charge in [-0.1, -0.05) is 42.5 Å². The molecule has 1 heterocycles. The molecule has 0 radical (unpaired) electrons. The van der Waals surface area contributed by atoms with E-state index in [4.69, 9.17) is 0 Å². The topological polar surface area (TPSA) is 79.4 Å². The van der Waals surface area contributed by atoms with Crippen molar-refractivity contribution in [3.05, 3.63) is 89.4 Å². The molecule has 0 saturated carbocycles. The normalized spacial score (nSPS) is 11.4. The van der Waals surface area contributed by atoms with Crippen molar-refractivity contribution in [1.29, 1.82) is 0 Å². The number of sulfonamides is 1. The number of hydrogen-bond acceptors (Lipinski definition) is 5. The lowest BCUT2D eigenvalue weighted by atomic mass is 10.2. The third kappa shape index (κ3) is 3.92. The minimum absolute atomic E-state index is 0.0434. The van der Waals surface area contributed by atoms with Gasteiger partial charge in [-0.15, -0.1) is 11.3 Å². The first-order chi connectivity index (χ1) is 14.5. The van der Waals surface area contributed by atoms with Crippen LogP contribution in [0.25, 0.3) is 10.2 Å². The molecule has 0 spiro atoms. The Bertz CT molecular complexity index is 1270. The molecule has 30 heavy (non-hydrogen) atoms. The third-order valence-electron chi connectivity index (χ3n) is 4.63. The van der Waals surface area contributed by atoms with Gasteiger partial charge in [-0.2, -0.15) is 0 Å². The fraction of sp³-hybridized carbons (Fsp3) is 0.0909. The average molecular weight is 438 g/mol. The third-order valence-corrected chi connectivity index (χ3v) is 7.51. The van der Waals surface area contributed by atoms with E-state index in [2.05, 4.69) is 10.3 Å². The number of benzene rings is 3. The maximum atomic E-state index is 13.2. The van der Waals surface area contributed by atoms with E-state index in [0.717, 1.165) is 15.2 Å². The lowest BCUT2D eigenvalue weighted by Gasteiger charge is -2.21. The van der Waals surface area contributed by atoms with E-state index in [1.54, 1.807) is 36.4 Å². The van der Waals surface area contributed by atoms with Gasteiger partial charge in [-0.3, -0.25) is 9.10 Å². The molecule has 8 heteroatoms. The number of rotatable bonds is 6. The molecule has 1 aromatic heterocycles. The molecule has 152 valence electrons. The standard InChI is InChI=1S/C22H19N3O3S2/c1-25(16-9-3-2-4-10-16)30(27,28)20-14-8-5-11-17(20)22(26)23-15-21-24-18-12-6-7-13-19(18)29-21/h2-14H,15H2,1H3,(H,23,26). The zero-order valence-corrected chi connectivity index (χ0v) is 17.8. The maximum Gasteiger partial charge on any atom is 0.264 e. The number of anilines is 1. The predicted molar refractivity (Wildman–Crippen MR) is 119 cm³/mol. The first-order valence-corrected chi connectivity index (χ1v) is 11.5. The molecule has 0 aliphatic carbocycles. The second-order valence-electron chi connectivity index (χ2n) is 6.56. The van der Waals surface area contributed by atoms with E-state index >= 15 is 0 Å². The van der Waals surface area contributed by atoms with Crippen molar-refractivity contribution in [2.45, 2.75) is 11.4 Å². The van der Waals surface area contributed by atoms with E-state index in [0.29, 0.717) is 5.69 Å². The first-order valence-electron chi connectivity index (χ1n) is 9.22. The summed E-state index contributed by atoms with van der Waals surface area (Å²) in [6, 6.07) is 22.7. The summed E-state index contributed by atoms with van der Waals surface area (Å²) in [4.78, 5) is 17.3. The van der Waals surface area contributed by atoms with Crippen LogP contribution in [-0.2, 0) is 16.6 Å². The fourth-order valence-corrected chi connectivity index (χ4v) is 5.34. The molecule has 6 nitrogen and oxygen atoms in total. The first kappa shape index (κ1) is 20.1. The van der Waals surface area contributed by atoms with E-state index in [1.807, 2.05) is 30.3 Å². The van der Waals surface area contributed by atoms with Crippen LogP contribution in [0.5, 0.6) is 0 Å². The van der Waals surface area contributed by atoms with Crippen molar-refractivity contribution in [1.82, 2.24) is 10.3 Å². The van der Waals surface area contributed by atoms with Crippen molar-refractivity contribution in [2.24, 2.45) is 0 Å². The number of para-hydroxylation sites is 2. The molecule has 1 amide bonds. The Morgan fingerprint density at radius 3 is 2.40 bits per heavy atom. The molecule has 4 aromatic rings. The monoisotopic (exact) mass is 437 g/mol. The van der Waals surface area contributed by atoms with E-state index in [9.17, 15) is 13.2 Å². The molecule has 0 fully saturated rings. The Morgan fingerprint density at radius 2 is 1.63 bits per heavy atom. The fourth-order valence-electron chi connectivity index (χ4n) is 3.05. The Labute approximate surface area is 178 Å². The molecule has 0 saturated heterocycles. The summed E-state index contributed by atoms with van der Waals surface area (Å²) < 4.78 is 28.6. The molecule has 0 unspecified atom stereocenters. The molecule has 3 aromatic carbocycles. The number of thiazole rings is 1. The van der Waals surface area contributed by atoms with Gasteiger partial charge in [0.05, 0.1) is 28.0 Å². The molecular formula is C22H19N3O3S2. The summed E-state index contributed by atoms with van der Waals surface area (Å²) in [5.74, 6) is -0.463. The number of aromatic nitrogens is 1. The quantitative estimate of drug-likeness (QED) is 0.494. The van der Waals surface area contributed by atoms with Crippen LogP contribution in [0.4, 0.5) is 5.69 Å². The zero-order valence-electron chi connectivity index (χ0n) is 16.1. The van der Waals surface area contributed by atoms with Gasteiger partial charge in [0.1, 0.15) is 9.90 Å². The number of carbonyl (C=O) groups is 1. The highest BCUT2D eigenvalue weighted by Gasteiger charge is 2.26. The number of nitrogens with zero attached hydrogens (tertiary/aromatic N) is 2. The molecular weight excluding hydrogens is 418 g/mol. The minimum Gasteiger partial charge on any atom is -0.345 e. The second kappa shape index (κ2) is 8.25. The van der Waals surface area contributed by atoms with Crippen LogP contribution in [0, 0.1) is 0 Å². The molecule has 0 atom stereocenters. The van der Waals surface area contributed by atoms with Crippen LogP contribution in [-0.4, -0.2) is 26.4 Å².